The number of rotatable bonds is 7. The third kappa shape index (κ3) is 4.53. The van der Waals surface area contributed by atoms with E-state index in [0.29, 0.717) is 12.6 Å². The smallest absolute Gasteiger partial charge is 0.130 e. The molecule has 1 saturated heterocycles. The molecule has 3 rings (SSSR count). The van der Waals surface area contributed by atoms with Crippen molar-refractivity contribution < 1.29 is 9.47 Å². The van der Waals surface area contributed by atoms with Crippen LogP contribution in [0.3, 0.4) is 0 Å². The molecule has 1 aromatic heterocycles. The lowest BCUT2D eigenvalue weighted by atomic mass is 10.2. The van der Waals surface area contributed by atoms with Gasteiger partial charge < -0.3 is 9.47 Å². The summed E-state index contributed by atoms with van der Waals surface area (Å²) in [7, 11) is 1.78. The molecule has 4 heteroatoms. The fourth-order valence-electron chi connectivity index (χ4n) is 3.09. The van der Waals surface area contributed by atoms with Crippen LogP contribution in [-0.2, 0) is 17.9 Å². The number of hydrogen-bond acceptors (Lipinski definition) is 4. The molecule has 2 heterocycles. The van der Waals surface area contributed by atoms with Gasteiger partial charge in [0.15, 0.2) is 0 Å². The van der Waals surface area contributed by atoms with Crippen molar-refractivity contribution in [3.05, 3.63) is 59.9 Å². The molecule has 122 valence electrons. The van der Waals surface area contributed by atoms with Crippen molar-refractivity contribution in [3.63, 3.8) is 0 Å². The minimum Gasteiger partial charge on any atom is -0.487 e. The minimum atomic E-state index is 0.500. The Kier molecular flexibility index (Phi) is 5.61. The number of aromatic nitrogens is 1. The van der Waals surface area contributed by atoms with Gasteiger partial charge in [-0.3, -0.25) is 9.88 Å². The Balaban J connectivity index is 1.59. The number of benzene rings is 1. The Morgan fingerprint density at radius 2 is 2.17 bits per heavy atom. The van der Waals surface area contributed by atoms with Gasteiger partial charge in [-0.2, -0.15) is 0 Å². The van der Waals surface area contributed by atoms with Gasteiger partial charge in [-0.15, -0.1) is 0 Å². The molecule has 1 aromatic carbocycles. The van der Waals surface area contributed by atoms with Crippen LogP contribution >= 0.6 is 0 Å². The van der Waals surface area contributed by atoms with Crippen molar-refractivity contribution in [1.82, 2.24) is 9.88 Å². The number of likely N-dealkylation sites (tertiary alicyclic amines) is 1. The van der Waals surface area contributed by atoms with Crippen LogP contribution in [0.4, 0.5) is 0 Å². The summed E-state index contributed by atoms with van der Waals surface area (Å²) in [6.07, 6.45) is 4.27. The van der Waals surface area contributed by atoms with Gasteiger partial charge in [0.05, 0.1) is 12.3 Å². The van der Waals surface area contributed by atoms with Gasteiger partial charge in [0.25, 0.3) is 0 Å². The first-order valence-electron chi connectivity index (χ1n) is 8.20. The molecule has 0 saturated carbocycles. The molecule has 0 N–H and O–H groups in total. The summed E-state index contributed by atoms with van der Waals surface area (Å²) < 4.78 is 11.2. The van der Waals surface area contributed by atoms with Crippen molar-refractivity contribution >= 4 is 0 Å². The number of hydrogen-bond donors (Lipinski definition) is 0. The molecular weight excluding hydrogens is 288 g/mol. The Labute approximate surface area is 138 Å². The maximum Gasteiger partial charge on any atom is 0.130 e. The topological polar surface area (TPSA) is 34.6 Å². The fraction of sp³-hybridized carbons (Fsp3) is 0.421. The zero-order chi connectivity index (χ0) is 15.9. The summed E-state index contributed by atoms with van der Waals surface area (Å²) >= 11 is 0. The third-order valence-corrected chi connectivity index (χ3v) is 4.26. The Morgan fingerprint density at radius 1 is 1.22 bits per heavy atom. The highest BCUT2D eigenvalue weighted by Gasteiger charge is 2.24. The third-order valence-electron chi connectivity index (χ3n) is 4.26. The molecule has 0 spiro atoms. The van der Waals surface area contributed by atoms with Crippen molar-refractivity contribution in [2.75, 3.05) is 20.3 Å². The molecule has 0 amide bonds. The highest BCUT2D eigenvalue weighted by Crippen LogP contribution is 2.22. The first-order chi connectivity index (χ1) is 11.3. The van der Waals surface area contributed by atoms with Crippen molar-refractivity contribution in [1.29, 1.82) is 0 Å². The lowest BCUT2D eigenvalue weighted by molar-refractivity contribution is 0.112. The monoisotopic (exact) mass is 312 g/mol. The van der Waals surface area contributed by atoms with E-state index in [-0.39, 0.29) is 0 Å². The van der Waals surface area contributed by atoms with Gasteiger partial charge in [0.1, 0.15) is 12.4 Å². The fourth-order valence-corrected chi connectivity index (χ4v) is 3.09. The molecule has 4 nitrogen and oxygen atoms in total. The summed E-state index contributed by atoms with van der Waals surface area (Å²) in [5.74, 6) is 0.899. The van der Waals surface area contributed by atoms with Crippen LogP contribution in [0.2, 0.25) is 0 Å². The van der Waals surface area contributed by atoms with Gasteiger partial charge in [0, 0.05) is 25.9 Å². The summed E-state index contributed by atoms with van der Waals surface area (Å²) in [6.45, 7) is 3.41. The molecule has 1 atom stereocenters. The van der Waals surface area contributed by atoms with Crippen molar-refractivity contribution in [2.24, 2.45) is 0 Å². The lowest BCUT2D eigenvalue weighted by Crippen LogP contribution is -2.32. The molecule has 0 aliphatic carbocycles. The van der Waals surface area contributed by atoms with Crippen LogP contribution in [0.15, 0.2) is 48.7 Å². The molecular formula is C19H24N2O2. The summed E-state index contributed by atoms with van der Waals surface area (Å²) in [5, 5.41) is 0. The largest absolute Gasteiger partial charge is 0.487 e. The normalized spacial score (nSPS) is 18.2. The van der Waals surface area contributed by atoms with Crippen LogP contribution in [0.25, 0.3) is 0 Å². The zero-order valence-corrected chi connectivity index (χ0v) is 13.6. The lowest BCUT2D eigenvalue weighted by Gasteiger charge is -2.24. The quantitative estimate of drug-likeness (QED) is 0.786. The van der Waals surface area contributed by atoms with Crippen molar-refractivity contribution in [2.45, 2.75) is 32.0 Å². The van der Waals surface area contributed by atoms with E-state index in [1.807, 2.05) is 24.3 Å². The van der Waals surface area contributed by atoms with Gasteiger partial charge in [-0.05, 0) is 49.2 Å². The standard InChI is InChI=1S/C19H24N2O2/c1-22-15-18-8-5-11-21(18)13-16-6-4-9-19(12-16)23-14-17-7-2-3-10-20-17/h2-4,6-7,9-10,12,18H,5,8,11,13-15H2,1H3/t18-/m0/s1. The van der Waals surface area contributed by atoms with Crippen LogP contribution in [0.5, 0.6) is 5.75 Å². The second-order valence-electron chi connectivity index (χ2n) is 5.98. The number of methoxy groups -OCH3 is 1. The van der Waals surface area contributed by atoms with Crippen LogP contribution in [0, 0.1) is 0 Å². The number of pyridine rings is 1. The Hall–Kier alpha value is -1.91. The van der Waals surface area contributed by atoms with E-state index in [2.05, 4.69) is 28.1 Å². The zero-order valence-electron chi connectivity index (χ0n) is 13.6. The molecule has 1 fully saturated rings. The average molecular weight is 312 g/mol. The van der Waals surface area contributed by atoms with E-state index in [0.717, 1.165) is 31.1 Å². The van der Waals surface area contributed by atoms with E-state index in [4.69, 9.17) is 9.47 Å². The van der Waals surface area contributed by atoms with E-state index in [9.17, 15) is 0 Å². The summed E-state index contributed by atoms with van der Waals surface area (Å²) in [4.78, 5) is 6.78. The Bertz CT molecular complexity index is 603. The second-order valence-corrected chi connectivity index (χ2v) is 5.98. The molecule has 0 unspecified atom stereocenters. The van der Waals surface area contributed by atoms with Gasteiger partial charge >= 0.3 is 0 Å². The van der Waals surface area contributed by atoms with E-state index >= 15 is 0 Å². The number of nitrogens with zero attached hydrogens (tertiary/aromatic N) is 2. The summed E-state index contributed by atoms with van der Waals surface area (Å²) in [6, 6.07) is 14.8. The van der Waals surface area contributed by atoms with Crippen LogP contribution in [0.1, 0.15) is 24.1 Å². The predicted molar refractivity (Wildman–Crippen MR) is 90.3 cm³/mol. The molecule has 2 aromatic rings. The number of ether oxygens (including phenoxy) is 2. The van der Waals surface area contributed by atoms with Crippen LogP contribution < -0.4 is 4.74 Å². The van der Waals surface area contributed by atoms with Gasteiger partial charge in [0.2, 0.25) is 0 Å². The SMILES string of the molecule is COC[C@@H]1CCCN1Cc1cccc(OCc2ccccn2)c1. The second kappa shape index (κ2) is 8.09. The molecule has 0 radical (unpaired) electrons. The highest BCUT2D eigenvalue weighted by molar-refractivity contribution is 5.28. The summed E-state index contributed by atoms with van der Waals surface area (Å²) in [5.41, 5.74) is 2.23. The highest BCUT2D eigenvalue weighted by atomic mass is 16.5. The maximum atomic E-state index is 5.87. The van der Waals surface area contributed by atoms with E-state index < -0.39 is 0 Å². The van der Waals surface area contributed by atoms with E-state index in [1.54, 1.807) is 13.3 Å². The molecule has 23 heavy (non-hydrogen) atoms. The first-order valence-corrected chi connectivity index (χ1v) is 8.20. The van der Waals surface area contributed by atoms with Gasteiger partial charge in [-0.1, -0.05) is 18.2 Å². The van der Waals surface area contributed by atoms with Crippen LogP contribution in [-0.4, -0.2) is 36.2 Å². The molecule has 1 aliphatic rings. The molecule has 1 aliphatic heterocycles. The average Bonchev–Trinajstić information content (AvgIpc) is 3.02. The van der Waals surface area contributed by atoms with Gasteiger partial charge in [-0.25, -0.2) is 0 Å². The minimum absolute atomic E-state index is 0.500. The van der Waals surface area contributed by atoms with Crippen molar-refractivity contribution in [3.8, 4) is 5.75 Å². The maximum absolute atomic E-state index is 5.87. The van der Waals surface area contributed by atoms with E-state index in [1.165, 1.54) is 18.4 Å². The predicted octanol–water partition coefficient (Wildman–Crippen LogP) is 3.27. The molecule has 0 bridgehead atoms. The first kappa shape index (κ1) is 16.0. The Morgan fingerprint density at radius 3 is 3.00 bits per heavy atom.